The summed E-state index contributed by atoms with van der Waals surface area (Å²) in [6.45, 7) is 4.76. The van der Waals surface area contributed by atoms with Gasteiger partial charge in [0.25, 0.3) is 0 Å². The topological polar surface area (TPSA) is 61.8 Å². The van der Waals surface area contributed by atoms with E-state index in [-0.39, 0.29) is 12.4 Å². The van der Waals surface area contributed by atoms with Crippen molar-refractivity contribution in [1.82, 2.24) is 4.90 Å². The number of aliphatic hydroxyl groups is 1. The van der Waals surface area contributed by atoms with Crippen molar-refractivity contribution in [1.29, 1.82) is 0 Å². The van der Waals surface area contributed by atoms with Gasteiger partial charge in [0.15, 0.2) is 10.9 Å². The number of methoxy groups -OCH3 is 1. The number of ketones is 1. The number of nitrogens with zero attached hydrogens (tertiary/aromatic N) is 1. The molecule has 0 aliphatic heterocycles. The fourth-order valence-electron chi connectivity index (χ4n) is 3.36. The van der Waals surface area contributed by atoms with Gasteiger partial charge < -0.3 is 20.1 Å². The highest BCUT2D eigenvalue weighted by atomic mass is 32.1. The Morgan fingerprint density at radius 1 is 1.24 bits per heavy atom. The smallest absolute Gasteiger partial charge is 0.173 e. The first kappa shape index (κ1) is 21.0. The van der Waals surface area contributed by atoms with Crippen molar-refractivity contribution in [3.05, 3.63) is 64.2 Å². The van der Waals surface area contributed by atoms with E-state index in [4.69, 9.17) is 17.0 Å². The number of carbonyl (C=O) groups excluding carboxylic acids is 1. The lowest BCUT2D eigenvalue weighted by Crippen LogP contribution is -2.39. The van der Waals surface area contributed by atoms with Gasteiger partial charge in [0.2, 0.25) is 0 Å². The lowest BCUT2D eigenvalue weighted by Gasteiger charge is -2.27. The van der Waals surface area contributed by atoms with Gasteiger partial charge in [-0.1, -0.05) is 18.2 Å². The summed E-state index contributed by atoms with van der Waals surface area (Å²) in [5.74, 6) is 0.812. The maximum absolute atomic E-state index is 12.7. The predicted octanol–water partition coefficient (Wildman–Crippen LogP) is 3.51. The van der Waals surface area contributed by atoms with E-state index in [0.29, 0.717) is 30.2 Å². The van der Waals surface area contributed by atoms with Crippen molar-refractivity contribution in [2.75, 3.05) is 32.1 Å². The Kier molecular flexibility index (Phi) is 6.67. The van der Waals surface area contributed by atoms with Gasteiger partial charge in [-0.3, -0.25) is 4.79 Å². The van der Waals surface area contributed by atoms with Crippen LogP contribution in [0.15, 0.2) is 42.0 Å². The van der Waals surface area contributed by atoms with Crippen molar-refractivity contribution in [3.8, 4) is 5.75 Å². The lowest BCUT2D eigenvalue weighted by molar-refractivity contribution is -0.115. The zero-order valence-corrected chi connectivity index (χ0v) is 17.8. The molecule has 1 aliphatic rings. The summed E-state index contributed by atoms with van der Waals surface area (Å²) in [5.41, 5.74) is 6.03. The summed E-state index contributed by atoms with van der Waals surface area (Å²) >= 11 is 5.55. The summed E-state index contributed by atoms with van der Waals surface area (Å²) in [4.78, 5) is 14.5. The van der Waals surface area contributed by atoms with E-state index in [9.17, 15) is 9.90 Å². The van der Waals surface area contributed by atoms with Gasteiger partial charge in [0, 0.05) is 36.8 Å². The maximum atomic E-state index is 12.7. The van der Waals surface area contributed by atoms with Crippen LogP contribution in [0.1, 0.15) is 22.3 Å². The standard InChI is InChI=1S/C23H26N2O3S/c1-15-9-17-11-19(22(27)12-18(17)10-16(15)2)14-25(7-8-26)23(29)24-20-5-4-6-21(13-20)28-3/h4-6,9-11,13,26H,7-8,12,14H2,1-3H3,(H,24,29). The zero-order valence-electron chi connectivity index (χ0n) is 17.0. The van der Waals surface area contributed by atoms with Crippen molar-refractivity contribution in [2.45, 2.75) is 20.3 Å². The average molecular weight is 411 g/mol. The molecular formula is C23H26N2O3S. The van der Waals surface area contributed by atoms with Gasteiger partial charge >= 0.3 is 0 Å². The Bertz CT molecular complexity index is 969. The first-order valence-electron chi connectivity index (χ1n) is 9.56. The van der Waals surface area contributed by atoms with E-state index in [1.807, 2.05) is 35.2 Å². The van der Waals surface area contributed by atoms with Crippen LogP contribution in [0.2, 0.25) is 0 Å². The quantitative estimate of drug-likeness (QED) is 0.711. The molecule has 2 aromatic rings. The summed E-state index contributed by atoms with van der Waals surface area (Å²) in [7, 11) is 1.61. The Labute approximate surface area is 177 Å². The molecule has 5 nitrogen and oxygen atoms in total. The molecule has 0 amide bonds. The number of ether oxygens (including phenoxy) is 1. The summed E-state index contributed by atoms with van der Waals surface area (Å²) < 4.78 is 5.24. The van der Waals surface area contributed by atoms with Gasteiger partial charge in [-0.15, -0.1) is 0 Å². The van der Waals surface area contributed by atoms with Gasteiger partial charge in [-0.2, -0.15) is 0 Å². The SMILES string of the molecule is COc1cccc(NC(=S)N(CCO)CC2=Cc3cc(C)c(C)cc3CC2=O)c1. The zero-order chi connectivity index (χ0) is 21.0. The molecule has 0 saturated carbocycles. The molecule has 3 rings (SSSR count). The molecule has 0 radical (unpaired) electrons. The molecule has 0 bridgehead atoms. The number of carbonyl (C=O) groups is 1. The summed E-state index contributed by atoms with van der Waals surface area (Å²) in [6, 6.07) is 11.7. The highest BCUT2D eigenvalue weighted by Crippen LogP contribution is 2.26. The second kappa shape index (κ2) is 9.20. The fourth-order valence-corrected chi connectivity index (χ4v) is 3.63. The van der Waals surface area contributed by atoms with Crippen molar-refractivity contribution >= 4 is 34.9 Å². The molecule has 1 aliphatic carbocycles. The Hall–Kier alpha value is -2.70. The van der Waals surface area contributed by atoms with E-state index in [0.717, 1.165) is 22.6 Å². The van der Waals surface area contributed by atoms with Gasteiger partial charge in [-0.25, -0.2) is 0 Å². The van der Waals surface area contributed by atoms with E-state index < -0.39 is 0 Å². The van der Waals surface area contributed by atoms with Crippen molar-refractivity contribution < 1.29 is 14.6 Å². The number of hydrogen-bond acceptors (Lipinski definition) is 4. The minimum atomic E-state index is -0.0592. The molecule has 2 N–H and O–H groups in total. The molecule has 0 heterocycles. The summed E-state index contributed by atoms with van der Waals surface area (Å²) in [5, 5.41) is 13.1. The average Bonchev–Trinajstić information content (AvgIpc) is 2.69. The van der Waals surface area contributed by atoms with Crippen LogP contribution >= 0.6 is 12.2 Å². The van der Waals surface area contributed by atoms with Crippen LogP contribution in [0.5, 0.6) is 5.75 Å². The molecule has 0 unspecified atom stereocenters. The molecule has 152 valence electrons. The van der Waals surface area contributed by atoms with Crippen LogP contribution in [-0.2, 0) is 11.2 Å². The number of aliphatic hydroxyl groups excluding tert-OH is 1. The first-order valence-corrected chi connectivity index (χ1v) is 9.97. The van der Waals surface area contributed by atoms with Crippen LogP contribution in [0, 0.1) is 13.8 Å². The van der Waals surface area contributed by atoms with Crippen LogP contribution in [-0.4, -0.2) is 47.7 Å². The largest absolute Gasteiger partial charge is 0.497 e. The van der Waals surface area contributed by atoms with E-state index in [1.165, 1.54) is 11.1 Å². The number of aryl methyl sites for hydroxylation is 2. The Morgan fingerprint density at radius 3 is 2.72 bits per heavy atom. The number of rotatable bonds is 6. The third kappa shape index (κ3) is 5.02. The number of Topliss-reactive ketones (excluding diaryl/α,β-unsaturated/α-hetero) is 1. The number of nitrogens with one attached hydrogen (secondary N) is 1. The number of fused-ring (bicyclic) bond motifs is 1. The number of benzene rings is 2. The highest BCUT2D eigenvalue weighted by molar-refractivity contribution is 7.80. The second-order valence-corrected chi connectivity index (χ2v) is 7.60. The molecule has 2 aromatic carbocycles. The minimum Gasteiger partial charge on any atom is -0.497 e. The van der Waals surface area contributed by atoms with E-state index >= 15 is 0 Å². The van der Waals surface area contributed by atoms with Crippen LogP contribution in [0.3, 0.4) is 0 Å². The van der Waals surface area contributed by atoms with Gasteiger partial charge in [0.1, 0.15) is 5.75 Å². The normalized spacial score (nSPS) is 12.8. The molecule has 0 aromatic heterocycles. The predicted molar refractivity (Wildman–Crippen MR) is 120 cm³/mol. The Morgan fingerprint density at radius 2 is 2.00 bits per heavy atom. The molecule has 0 fully saturated rings. The molecule has 0 spiro atoms. The third-order valence-corrected chi connectivity index (χ3v) is 5.49. The van der Waals surface area contributed by atoms with E-state index in [1.54, 1.807) is 7.11 Å². The molecule has 0 atom stereocenters. The summed E-state index contributed by atoms with van der Waals surface area (Å²) in [6.07, 6.45) is 2.34. The van der Waals surface area contributed by atoms with Crippen LogP contribution < -0.4 is 10.1 Å². The number of hydrogen-bond donors (Lipinski definition) is 2. The lowest BCUT2D eigenvalue weighted by atomic mass is 9.88. The molecule has 6 heteroatoms. The second-order valence-electron chi connectivity index (χ2n) is 7.21. The van der Waals surface area contributed by atoms with Crippen LogP contribution in [0.25, 0.3) is 6.08 Å². The van der Waals surface area contributed by atoms with E-state index in [2.05, 4.69) is 31.3 Å². The first-order chi connectivity index (χ1) is 13.9. The molecule has 29 heavy (non-hydrogen) atoms. The van der Waals surface area contributed by atoms with Gasteiger partial charge in [-0.05, 0) is 66.5 Å². The number of thiocarbonyl (C=S) groups is 1. The highest BCUT2D eigenvalue weighted by Gasteiger charge is 2.22. The van der Waals surface area contributed by atoms with Crippen LogP contribution in [0.4, 0.5) is 5.69 Å². The Balaban J connectivity index is 1.80. The van der Waals surface area contributed by atoms with Crippen molar-refractivity contribution in [2.24, 2.45) is 0 Å². The minimum absolute atomic E-state index is 0.0592. The molecular weight excluding hydrogens is 384 g/mol. The number of anilines is 1. The van der Waals surface area contributed by atoms with Gasteiger partial charge in [0.05, 0.1) is 13.7 Å². The molecule has 0 saturated heterocycles. The van der Waals surface area contributed by atoms with Crippen molar-refractivity contribution in [3.63, 3.8) is 0 Å². The maximum Gasteiger partial charge on any atom is 0.173 e. The third-order valence-electron chi connectivity index (χ3n) is 5.13. The fraction of sp³-hybridized carbons (Fsp3) is 0.304. The monoisotopic (exact) mass is 410 g/mol.